The minimum Gasteiger partial charge on any atom is -0.493 e. The summed E-state index contributed by atoms with van der Waals surface area (Å²) in [7, 11) is 3.14. The Morgan fingerprint density at radius 2 is 1.63 bits per heavy atom. The molecule has 0 radical (unpaired) electrons. The topological polar surface area (TPSA) is 71.1 Å². The molecule has 160 valence electrons. The summed E-state index contributed by atoms with van der Waals surface area (Å²) in [4.78, 5) is 28.6. The maximum atomic E-state index is 12.9. The average molecular weight is 415 g/mol. The average Bonchev–Trinajstić information content (AvgIpc) is 2.75. The molecule has 2 amide bonds. The molecule has 1 aliphatic rings. The van der Waals surface area contributed by atoms with Crippen molar-refractivity contribution in [3.8, 4) is 11.5 Å². The van der Waals surface area contributed by atoms with Gasteiger partial charge in [-0.2, -0.15) is 0 Å². The number of rotatable bonds is 7. The number of amides is 2. The lowest BCUT2D eigenvalue weighted by atomic mass is 10.1. The van der Waals surface area contributed by atoms with Gasteiger partial charge in [-0.05, 0) is 42.0 Å². The van der Waals surface area contributed by atoms with Gasteiger partial charge >= 0.3 is 0 Å². The zero-order valence-electron chi connectivity index (χ0n) is 17.2. The largest absolute Gasteiger partial charge is 0.493 e. The van der Waals surface area contributed by atoms with Gasteiger partial charge in [-0.1, -0.05) is 6.07 Å². The number of halogens is 1. The molecule has 0 spiro atoms. The molecule has 1 heterocycles. The Bertz CT molecular complexity index is 880. The molecule has 30 heavy (non-hydrogen) atoms. The van der Waals surface area contributed by atoms with Crippen LogP contribution in [-0.2, 0) is 16.0 Å². The van der Waals surface area contributed by atoms with Crippen LogP contribution in [0.1, 0.15) is 5.56 Å². The third-order valence-corrected chi connectivity index (χ3v) is 5.02. The van der Waals surface area contributed by atoms with Gasteiger partial charge in [0.25, 0.3) is 0 Å². The van der Waals surface area contributed by atoms with Gasteiger partial charge in [-0.3, -0.25) is 14.5 Å². The first-order valence-electron chi connectivity index (χ1n) is 9.75. The molecule has 3 rings (SSSR count). The van der Waals surface area contributed by atoms with Gasteiger partial charge in [0.05, 0.1) is 27.2 Å². The molecule has 1 fully saturated rings. The monoisotopic (exact) mass is 415 g/mol. The van der Waals surface area contributed by atoms with Crippen LogP contribution < -0.4 is 14.8 Å². The van der Waals surface area contributed by atoms with E-state index in [0.29, 0.717) is 43.4 Å². The highest BCUT2D eigenvalue weighted by Crippen LogP contribution is 2.27. The Kier molecular flexibility index (Phi) is 7.24. The fourth-order valence-electron chi connectivity index (χ4n) is 3.37. The van der Waals surface area contributed by atoms with Gasteiger partial charge in [0, 0.05) is 31.9 Å². The number of hydrogen-bond acceptors (Lipinski definition) is 5. The van der Waals surface area contributed by atoms with E-state index in [1.807, 2.05) is 21.9 Å². The van der Waals surface area contributed by atoms with Crippen molar-refractivity contribution in [3.63, 3.8) is 0 Å². The second-order valence-corrected chi connectivity index (χ2v) is 7.08. The molecule has 0 bridgehead atoms. The lowest BCUT2D eigenvalue weighted by molar-refractivity contribution is -0.132. The van der Waals surface area contributed by atoms with E-state index in [9.17, 15) is 14.0 Å². The summed E-state index contributed by atoms with van der Waals surface area (Å²) in [5, 5.41) is 2.75. The zero-order valence-corrected chi connectivity index (χ0v) is 17.2. The first kappa shape index (κ1) is 21.6. The van der Waals surface area contributed by atoms with Crippen molar-refractivity contribution in [3.05, 3.63) is 53.8 Å². The van der Waals surface area contributed by atoms with Crippen LogP contribution in [0.25, 0.3) is 0 Å². The summed E-state index contributed by atoms with van der Waals surface area (Å²) in [6.45, 7) is 2.60. The lowest BCUT2D eigenvalue weighted by Gasteiger charge is -2.34. The molecule has 0 saturated carbocycles. The molecule has 0 atom stereocenters. The van der Waals surface area contributed by atoms with Crippen molar-refractivity contribution in [1.29, 1.82) is 0 Å². The minimum atomic E-state index is -0.345. The van der Waals surface area contributed by atoms with Gasteiger partial charge in [0.15, 0.2) is 11.5 Å². The van der Waals surface area contributed by atoms with Crippen LogP contribution >= 0.6 is 0 Å². The third-order valence-electron chi connectivity index (χ3n) is 5.02. The highest BCUT2D eigenvalue weighted by molar-refractivity contribution is 5.92. The van der Waals surface area contributed by atoms with Crippen LogP contribution in [0.4, 0.5) is 10.1 Å². The fraction of sp³-hybridized carbons (Fsp3) is 0.364. The number of carbonyl (C=O) groups excluding carboxylic acids is 2. The fourth-order valence-corrected chi connectivity index (χ4v) is 3.37. The SMILES string of the molecule is COc1ccc(CC(=O)N2CCN(CC(=O)Nc3ccc(F)cc3)CC2)cc1OC. The molecule has 8 heteroatoms. The second-order valence-electron chi connectivity index (χ2n) is 7.08. The van der Waals surface area contributed by atoms with Crippen molar-refractivity contribution >= 4 is 17.5 Å². The van der Waals surface area contributed by atoms with Gasteiger partial charge in [0.2, 0.25) is 11.8 Å². The maximum absolute atomic E-state index is 12.9. The van der Waals surface area contributed by atoms with E-state index in [1.54, 1.807) is 20.3 Å². The molecular formula is C22H26FN3O4. The number of carbonyl (C=O) groups is 2. The highest BCUT2D eigenvalue weighted by Gasteiger charge is 2.23. The van der Waals surface area contributed by atoms with Crippen molar-refractivity contribution in [2.75, 3.05) is 52.3 Å². The number of anilines is 1. The van der Waals surface area contributed by atoms with E-state index in [-0.39, 0.29) is 30.6 Å². The molecule has 1 aliphatic heterocycles. The predicted octanol–water partition coefficient (Wildman–Crippen LogP) is 2.17. The van der Waals surface area contributed by atoms with Crippen molar-refractivity contribution in [2.24, 2.45) is 0 Å². The first-order chi connectivity index (χ1) is 14.5. The van der Waals surface area contributed by atoms with Crippen LogP contribution in [0.3, 0.4) is 0 Å². The smallest absolute Gasteiger partial charge is 0.238 e. The molecule has 1 saturated heterocycles. The highest BCUT2D eigenvalue weighted by atomic mass is 19.1. The number of methoxy groups -OCH3 is 2. The Labute approximate surface area is 175 Å². The van der Waals surface area contributed by atoms with E-state index in [1.165, 1.54) is 24.3 Å². The molecular weight excluding hydrogens is 389 g/mol. The minimum absolute atomic E-state index is 0.0395. The van der Waals surface area contributed by atoms with Crippen molar-refractivity contribution in [2.45, 2.75) is 6.42 Å². The molecule has 2 aromatic rings. The summed E-state index contributed by atoms with van der Waals surface area (Å²) >= 11 is 0. The van der Waals surface area contributed by atoms with Crippen molar-refractivity contribution in [1.82, 2.24) is 9.80 Å². The van der Waals surface area contributed by atoms with Gasteiger partial charge in [-0.25, -0.2) is 4.39 Å². The molecule has 0 aromatic heterocycles. The Morgan fingerprint density at radius 3 is 2.27 bits per heavy atom. The molecule has 2 aromatic carbocycles. The van der Waals surface area contributed by atoms with E-state index in [2.05, 4.69) is 5.32 Å². The summed E-state index contributed by atoms with van der Waals surface area (Å²) in [5.74, 6) is 0.757. The summed E-state index contributed by atoms with van der Waals surface area (Å²) in [6, 6.07) is 11.1. The van der Waals surface area contributed by atoms with Crippen LogP contribution in [0.5, 0.6) is 11.5 Å². The predicted molar refractivity (Wildman–Crippen MR) is 111 cm³/mol. The Hall–Kier alpha value is -3.13. The van der Waals surface area contributed by atoms with Gasteiger partial charge < -0.3 is 19.7 Å². The number of ether oxygens (including phenoxy) is 2. The quantitative estimate of drug-likeness (QED) is 0.751. The maximum Gasteiger partial charge on any atom is 0.238 e. The number of benzene rings is 2. The van der Waals surface area contributed by atoms with E-state index in [4.69, 9.17) is 9.47 Å². The van der Waals surface area contributed by atoms with Crippen LogP contribution in [-0.4, -0.2) is 68.6 Å². The van der Waals surface area contributed by atoms with E-state index >= 15 is 0 Å². The first-order valence-corrected chi connectivity index (χ1v) is 9.75. The van der Waals surface area contributed by atoms with E-state index < -0.39 is 0 Å². The standard InChI is InChI=1S/C22H26FN3O4/c1-29-19-8-3-16(13-20(19)30-2)14-22(28)26-11-9-25(10-12-26)15-21(27)24-18-6-4-17(23)5-7-18/h3-8,13H,9-12,14-15H2,1-2H3,(H,24,27). The van der Waals surface area contributed by atoms with E-state index in [0.717, 1.165) is 5.56 Å². The molecule has 0 unspecified atom stereocenters. The normalized spacial score (nSPS) is 14.3. The summed E-state index contributed by atoms with van der Waals surface area (Å²) < 4.78 is 23.5. The number of nitrogens with one attached hydrogen (secondary N) is 1. The second kappa shape index (κ2) is 10.1. The van der Waals surface area contributed by atoms with Crippen LogP contribution in [0.2, 0.25) is 0 Å². The Morgan fingerprint density at radius 1 is 0.967 bits per heavy atom. The summed E-state index contributed by atoms with van der Waals surface area (Å²) in [5.41, 5.74) is 1.42. The van der Waals surface area contributed by atoms with Crippen molar-refractivity contribution < 1.29 is 23.5 Å². The molecule has 7 nitrogen and oxygen atoms in total. The molecule has 0 aliphatic carbocycles. The third kappa shape index (κ3) is 5.70. The number of piperazine rings is 1. The lowest BCUT2D eigenvalue weighted by Crippen LogP contribution is -2.50. The van der Waals surface area contributed by atoms with Crippen LogP contribution in [0, 0.1) is 5.82 Å². The van der Waals surface area contributed by atoms with Gasteiger partial charge in [0.1, 0.15) is 5.82 Å². The Balaban J connectivity index is 1.46. The number of hydrogen-bond donors (Lipinski definition) is 1. The number of nitrogens with zero attached hydrogens (tertiary/aromatic N) is 2. The van der Waals surface area contributed by atoms with Gasteiger partial charge in [-0.15, -0.1) is 0 Å². The van der Waals surface area contributed by atoms with Crippen LogP contribution in [0.15, 0.2) is 42.5 Å². The summed E-state index contributed by atoms with van der Waals surface area (Å²) in [6.07, 6.45) is 0.283. The molecule has 1 N–H and O–H groups in total. The zero-order chi connectivity index (χ0) is 21.5.